The molecule has 3 nitrogen and oxygen atoms in total. The topological polar surface area (TPSA) is 49.3 Å². The predicted molar refractivity (Wildman–Crippen MR) is 69.0 cm³/mol. The van der Waals surface area contributed by atoms with E-state index in [1.54, 1.807) is 13.8 Å². The molecule has 1 aromatic rings. The van der Waals surface area contributed by atoms with Gasteiger partial charge >= 0.3 is 5.97 Å². The first kappa shape index (κ1) is 14.3. The van der Waals surface area contributed by atoms with Crippen molar-refractivity contribution in [2.75, 3.05) is 11.9 Å². The summed E-state index contributed by atoms with van der Waals surface area (Å²) in [5, 5.41) is 12.1. The van der Waals surface area contributed by atoms with E-state index in [0.29, 0.717) is 10.2 Å². The monoisotopic (exact) mass is 323 g/mol. The lowest BCUT2D eigenvalue weighted by molar-refractivity contribution is -0.146. The predicted octanol–water partition coefficient (Wildman–Crippen LogP) is 3.76. The third kappa shape index (κ3) is 3.57. The fourth-order valence-corrected chi connectivity index (χ4v) is 2.06. The van der Waals surface area contributed by atoms with Gasteiger partial charge in [0.1, 0.15) is 5.82 Å². The maximum Gasteiger partial charge on any atom is 0.310 e. The van der Waals surface area contributed by atoms with Gasteiger partial charge in [0.05, 0.1) is 16.1 Å². The second-order valence-corrected chi connectivity index (χ2v) is 5.55. The quantitative estimate of drug-likeness (QED) is 0.886. The van der Waals surface area contributed by atoms with E-state index in [0.717, 1.165) is 0 Å². The van der Waals surface area contributed by atoms with E-state index in [4.69, 9.17) is 16.7 Å². The van der Waals surface area contributed by atoms with Gasteiger partial charge in [-0.15, -0.1) is 0 Å². The normalized spacial score (nSPS) is 11.4. The molecule has 0 aromatic heterocycles. The molecule has 0 fully saturated rings. The van der Waals surface area contributed by atoms with Gasteiger partial charge in [-0.05, 0) is 41.9 Å². The second kappa shape index (κ2) is 5.23. The Bertz CT molecular complexity index is 428. The van der Waals surface area contributed by atoms with Gasteiger partial charge in [-0.25, -0.2) is 4.39 Å². The summed E-state index contributed by atoms with van der Waals surface area (Å²) in [5.41, 5.74) is -0.445. The molecule has 17 heavy (non-hydrogen) atoms. The standard InChI is InChI=1S/C11H12BrClFNO2/c1-11(2,10(16)17)5-15-9-7(12)3-6(14)4-8(9)13/h3-4,15H,5H2,1-2H3,(H,16,17). The molecule has 0 spiro atoms. The summed E-state index contributed by atoms with van der Waals surface area (Å²) in [6.45, 7) is 3.37. The van der Waals surface area contributed by atoms with E-state index in [1.165, 1.54) is 12.1 Å². The number of benzene rings is 1. The second-order valence-electron chi connectivity index (χ2n) is 4.29. The van der Waals surface area contributed by atoms with Crippen molar-refractivity contribution in [1.29, 1.82) is 0 Å². The van der Waals surface area contributed by atoms with Gasteiger partial charge in [0.2, 0.25) is 0 Å². The fourth-order valence-electron chi connectivity index (χ4n) is 1.10. The van der Waals surface area contributed by atoms with Crippen LogP contribution in [-0.2, 0) is 4.79 Å². The molecule has 0 saturated carbocycles. The average Bonchev–Trinajstić information content (AvgIpc) is 2.15. The molecule has 2 N–H and O–H groups in total. The van der Waals surface area contributed by atoms with Crippen molar-refractivity contribution < 1.29 is 14.3 Å². The minimum atomic E-state index is -0.933. The van der Waals surface area contributed by atoms with Crippen LogP contribution in [0.5, 0.6) is 0 Å². The van der Waals surface area contributed by atoms with E-state index in [9.17, 15) is 9.18 Å². The Balaban J connectivity index is 2.87. The molecule has 6 heteroatoms. The van der Waals surface area contributed by atoms with Gasteiger partial charge in [-0.2, -0.15) is 0 Å². The van der Waals surface area contributed by atoms with Crippen molar-refractivity contribution in [3.05, 3.63) is 27.4 Å². The highest BCUT2D eigenvalue weighted by Gasteiger charge is 2.27. The summed E-state index contributed by atoms with van der Waals surface area (Å²) in [4.78, 5) is 10.9. The van der Waals surface area contributed by atoms with E-state index in [-0.39, 0.29) is 11.6 Å². The average molecular weight is 325 g/mol. The van der Waals surface area contributed by atoms with Gasteiger partial charge in [0, 0.05) is 11.0 Å². The lowest BCUT2D eigenvalue weighted by Gasteiger charge is -2.21. The van der Waals surface area contributed by atoms with Crippen molar-refractivity contribution in [3.63, 3.8) is 0 Å². The summed E-state index contributed by atoms with van der Waals surface area (Å²) in [7, 11) is 0. The molecular weight excluding hydrogens is 312 g/mol. The first-order chi connectivity index (χ1) is 7.74. The van der Waals surface area contributed by atoms with Crippen LogP contribution in [0.25, 0.3) is 0 Å². The Kier molecular flexibility index (Phi) is 4.38. The molecule has 0 atom stereocenters. The number of rotatable bonds is 4. The van der Waals surface area contributed by atoms with Crippen molar-refractivity contribution >= 4 is 39.2 Å². The molecule has 0 aliphatic rings. The maximum absolute atomic E-state index is 13.0. The van der Waals surface area contributed by atoms with Crippen LogP contribution in [0.4, 0.5) is 10.1 Å². The van der Waals surface area contributed by atoms with E-state index < -0.39 is 17.2 Å². The fraction of sp³-hybridized carbons (Fsp3) is 0.364. The Morgan fingerprint density at radius 2 is 2.18 bits per heavy atom. The molecule has 0 unspecified atom stereocenters. The van der Waals surface area contributed by atoms with Crippen LogP contribution >= 0.6 is 27.5 Å². The van der Waals surface area contributed by atoms with Gasteiger partial charge in [0.25, 0.3) is 0 Å². The molecule has 0 saturated heterocycles. The zero-order chi connectivity index (χ0) is 13.2. The van der Waals surface area contributed by atoms with Crippen LogP contribution in [0.2, 0.25) is 5.02 Å². The highest BCUT2D eigenvalue weighted by molar-refractivity contribution is 9.10. The zero-order valence-electron chi connectivity index (χ0n) is 9.35. The molecule has 0 radical (unpaired) electrons. The first-order valence-corrected chi connectivity index (χ1v) is 6.03. The minimum absolute atomic E-state index is 0.187. The SMILES string of the molecule is CC(C)(CNc1c(Cl)cc(F)cc1Br)C(=O)O. The van der Waals surface area contributed by atoms with Gasteiger partial charge in [-0.3, -0.25) is 4.79 Å². The van der Waals surface area contributed by atoms with Crippen molar-refractivity contribution in [3.8, 4) is 0 Å². The minimum Gasteiger partial charge on any atom is -0.481 e. The number of anilines is 1. The molecule has 1 aromatic carbocycles. The molecule has 0 amide bonds. The van der Waals surface area contributed by atoms with Crippen LogP contribution in [0.15, 0.2) is 16.6 Å². The lowest BCUT2D eigenvalue weighted by Crippen LogP contribution is -2.31. The number of carbonyl (C=O) groups is 1. The number of carboxylic acid groups (broad SMARTS) is 1. The molecule has 94 valence electrons. The van der Waals surface area contributed by atoms with Gasteiger partial charge in [-0.1, -0.05) is 11.6 Å². The number of halogens is 3. The lowest BCUT2D eigenvalue weighted by atomic mass is 9.94. The van der Waals surface area contributed by atoms with Crippen molar-refractivity contribution in [1.82, 2.24) is 0 Å². The van der Waals surface area contributed by atoms with Crippen LogP contribution in [-0.4, -0.2) is 17.6 Å². The number of aliphatic carboxylic acids is 1. The molecule has 0 aliphatic carbocycles. The van der Waals surface area contributed by atoms with Crippen LogP contribution in [0.1, 0.15) is 13.8 Å². The van der Waals surface area contributed by atoms with Gasteiger partial charge in [0.15, 0.2) is 0 Å². The zero-order valence-corrected chi connectivity index (χ0v) is 11.7. The van der Waals surface area contributed by atoms with E-state index >= 15 is 0 Å². The largest absolute Gasteiger partial charge is 0.481 e. The Hall–Kier alpha value is -0.810. The molecule has 0 heterocycles. The first-order valence-electron chi connectivity index (χ1n) is 4.86. The van der Waals surface area contributed by atoms with Gasteiger partial charge < -0.3 is 10.4 Å². The number of hydrogen-bond acceptors (Lipinski definition) is 2. The molecular formula is C11H12BrClFNO2. The number of nitrogens with one attached hydrogen (secondary N) is 1. The summed E-state index contributed by atoms with van der Waals surface area (Å²) in [6.07, 6.45) is 0. The maximum atomic E-state index is 13.0. The third-order valence-corrected chi connectivity index (χ3v) is 3.22. The third-order valence-electron chi connectivity index (χ3n) is 2.29. The highest BCUT2D eigenvalue weighted by atomic mass is 79.9. The van der Waals surface area contributed by atoms with E-state index in [1.807, 2.05) is 0 Å². The smallest absolute Gasteiger partial charge is 0.310 e. The highest BCUT2D eigenvalue weighted by Crippen LogP contribution is 2.32. The summed E-state index contributed by atoms with van der Waals surface area (Å²) in [6, 6.07) is 2.43. The van der Waals surface area contributed by atoms with Crippen LogP contribution in [0.3, 0.4) is 0 Å². The summed E-state index contributed by atoms with van der Waals surface area (Å²) in [5.74, 6) is -1.37. The van der Waals surface area contributed by atoms with Crippen LogP contribution in [0, 0.1) is 11.2 Å². The van der Waals surface area contributed by atoms with Crippen molar-refractivity contribution in [2.24, 2.45) is 5.41 Å². The Morgan fingerprint density at radius 3 is 2.65 bits per heavy atom. The van der Waals surface area contributed by atoms with E-state index in [2.05, 4.69) is 21.2 Å². The van der Waals surface area contributed by atoms with Crippen LogP contribution < -0.4 is 5.32 Å². The Labute approximate surface area is 112 Å². The Morgan fingerprint density at radius 1 is 1.59 bits per heavy atom. The molecule has 1 rings (SSSR count). The summed E-state index contributed by atoms with van der Waals surface area (Å²) < 4.78 is 13.4. The molecule has 0 bridgehead atoms. The number of carboxylic acids is 1. The van der Waals surface area contributed by atoms with Crippen molar-refractivity contribution in [2.45, 2.75) is 13.8 Å². The number of hydrogen-bond donors (Lipinski definition) is 2. The summed E-state index contributed by atoms with van der Waals surface area (Å²) >= 11 is 9.03. The molecule has 0 aliphatic heterocycles.